The van der Waals surface area contributed by atoms with Gasteiger partial charge in [0, 0.05) is 5.41 Å². The van der Waals surface area contributed by atoms with Gasteiger partial charge in [0.1, 0.15) is 12.7 Å². The predicted octanol–water partition coefficient (Wildman–Crippen LogP) is 1.74. The van der Waals surface area contributed by atoms with Crippen LogP contribution in [-0.4, -0.2) is 23.8 Å². The SMILES string of the molecule is CC1(C)C2CCC1(C)C(OC(=O)CO)C2. The molecule has 0 radical (unpaired) electrons. The zero-order valence-electron chi connectivity index (χ0n) is 9.75. The van der Waals surface area contributed by atoms with E-state index in [-0.39, 0.29) is 16.9 Å². The van der Waals surface area contributed by atoms with E-state index in [2.05, 4.69) is 20.8 Å². The third-order valence-electron chi connectivity index (χ3n) is 5.12. The minimum absolute atomic E-state index is 0.00546. The molecule has 2 rings (SSSR count). The van der Waals surface area contributed by atoms with Gasteiger partial charge in [-0.3, -0.25) is 0 Å². The van der Waals surface area contributed by atoms with Crippen LogP contribution in [0.25, 0.3) is 0 Å². The van der Waals surface area contributed by atoms with Gasteiger partial charge in [0.25, 0.3) is 0 Å². The molecule has 0 amide bonds. The summed E-state index contributed by atoms with van der Waals surface area (Å²) in [7, 11) is 0. The Bertz CT molecular complexity index is 285. The maximum absolute atomic E-state index is 11.1. The Kier molecular flexibility index (Phi) is 2.34. The van der Waals surface area contributed by atoms with Crippen LogP contribution in [0.3, 0.4) is 0 Å². The fourth-order valence-corrected chi connectivity index (χ4v) is 3.50. The smallest absolute Gasteiger partial charge is 0.332 e. The van der Waals surface area contributed by atoms with E-state index in [1.807, 2.05) is 0 Å². The fourth-order valence-electron chi connectivity index (χ4n) is 3.50. The molecule has 3 unspecified atom stereocenters. The van der Waals surface area contributed by atoms with Crippen molar-refractivity contribution in [2.75, 3.05) is 6.61 Å². The highest BCUT2D eigenvalue weighted by molar-refractivity contribution is 5.70. The summed E-state index contributed by atoms with van der Waals surface area (Å²) < 4.78 is 5.34. The van der Waals surface area contributed by atoms with Gasteiger partial charge in [-0.2, -0.15) is 0 Å². The van der Waals surface area contributed by atoms with Crippen LogP contribution in [0.1, 0.15) is 40.0 Å². The molecule has 15 heavy (non-hydrogen) atoms. The molecule has 2 saturated carbocycles. The van der Waals surface area contributed by atoms with Crippen molar-refractivity contribution in [2.24, 2.45) is 16.7 Å². The van der Waals surface area contributed by atoms with Crippen molar-refractivity contribution < 1.29 is 14.6 Å². The number of carbonyl (C=O) groups excluding carboxylic acids is 1. The molecule has 2 aliphatic rings. The van der Waals surface area contributed by atoms with E-state index >= 15 is 0 Å². The monoisotopic (exact) mass is 212 g/mol. The summed E-state index contributed by atoms with van der Waals surface area (Å²) in [5.74, 6) is 0.184. The number of aliphatic hydroxyl groups is 1. The molecular formula is C12H20O3. The van der Waals surface area contributed by atoms with Crippen LogP contribution in [0.4, 0.5) is 0 Å². The lowest BCUT2D eigenvalue weighted by Gasteiger charge is -2.38. The molecule has 0 aliphatic heterocycles. The molecule has 2 bridgehead atoms. The molecule has 1 N–H and O–H groups in total. The van der Waals surface area contributed by atoms with Gasteiger partial charge < -0.3 is 9.84 Å². The van der Waals surface area contributed by atoms with Crippen molar-refractivity contribution in [1.29, 1.82) is 0 Å². The highest BCUT2D eigenvalue weighted by atomic mass is 16.6. The molecule has 2 aliphatic carbocycles. The lowest BCUT2D eigenvalue weighted by molar-refractivity contribution is -0.160. The molecule has 0 aromatic carbocycles. The van der Waals surface area contributed by atoms with Crippen molar-refractivity contribution in [3.63, 3.8) is 0 Å². The number of hydrogen-bond donors (Lipinski definition) is 1. The van der Waals surface area contributed by atoms with Crippen molar-refractivity contribution in [3.8, 4) is 0 Å². The molecule has 0 saturated heterocycles. The van der Waals surface area contributed by atoms with E-state index < -0.39 is 12.6 Å². The van der Waals surface area contributed by atoms with Crippen molar-refractivity contribution in [2.45, 2.75) is 46.1 Å². The summed E-state index contributed by atoms with van der Waals surface area (Å²) in [6.45, 7) is 6.27. The first-order valence-electron chi connectivity index (χ1n) is 5.72. The number of fused-ring (bicyclic) bond motifs is 2. The van der Waals surface area contributed by atoms with Gasteiger partial charge in [-0.05, 0) is 30.6 Å². The lowest BCUT2D eigenvalue weighted by atomic mass is 9.70. The molecule has 3 atom stereocenters. The van der Waals surface area contributed by atoms with Crippen molar-refractivity contribution in [3.05, 3.63) is 0 Å². The van der Waals surface area contributed by atoms with Gasteiger partial charge in [0.05, 0.1) is 0 Å². The summed E-state index contributed by atoms with van der Waals surface area (Å²) in [6, 6.07) is 0. The van der Waals surface area contributed by atoms with Gasteiger partial charge in [-0.15, -0.1) is 0 Å². The standard InChI is InChI=1S/C12H20O3/c1-11(2)8-4-5-12(11,3)9(6-8)15-10(14)7-13/h8-9,13H,4-7H2,1-3H3. The number of esters is 1. The molecule has 86 valence electrons. The van der Waals surface area contributed by atoms with E-state index in [4.69, 9.17) is 9.84 Å². The zero-order chi connectivity index (χ0) is 11.3. The predicted molar refractivity (Wildman–Crippen MR) is 56.2 cm³/mol. The maximum Gasteiger partial charge on any atom is 0.332 e. The Morgan fingerprint density at radius 1 is 1.47 bits per heavy atom. The average Bonchev–Trinajstić information content (AvgIpc) is 2.50. The van der Waals surface area contributed by atoms with E-state index in [0.717, 1.165) is 12.8 Å². The first-order chi connectivity index (χ1) is 6.91. The van der Waals surface area contributed by atoms with Crippen LogP contribution in [-0.2, 0) is 9.53 Å². The van der Waals surface area contributed by atoms with E-state index in [0.29, 0.717) is 5.92 Å². The van der Waals surface area contributed by atoms with Crippen LogP contribution >= 0.6 is 0 Å². The normalized spacial score (nSPS) is 41.9. The van der Waals surface area contributed by atoms with Gasteiger partial charge in [0.2, 0.25) is 0 Å². The minimum Gasteiger partial charge on any atom is -0.460 e. The van der Waals surface area contributed by atoms with E-state index in [1.54, 1.807) is 0 Å². The molecule has 0 spiro atoms. The quantitative estimate of drug-likeness (QED) is 0.709. The second-order valence-corrected chi connectivity index (χ2v) is 5.75. The number of ether oxygens (including phenoxy) is 1. The summed E-state index contributed by atoms with van der Waals surface area (Å²) in [5.41, 5.74) is 0.357. The minimum atomic E-state index is -0.502. The van der Waals surface area contributed by atoms with E-state index in [1.165, 1.54) is 6.42 Å². The third-order valence-corrected chi connectivity index (χ3v) is 5.12. The Morgan fingerprint density at radius 3 is 2.53 bits per heavy atom. The number of aliphatic hydroxyl groups excluding tert-OH is 1. The van der Waals surface area contributed by atoms with E-state index in [9.17, 15) is 4.79 Å². The number of rotatable bonds is 2. The molecule has 0 heterocycles. The second-order valence-electron chi connectivity index (χ2n) is 5.75. The molecule has 3 nitrogen and oxygen atoms in total. The summed E-state index contributed by atoms with van der Waals surface area (Å²) in [5, 5.41) is 8.70. The Morgan fingerprint density at radius 2 is 2.13 bits per heavy atom. The van der Waals surface area contributed by atoms with Crippen molar-refractivity contribution >= 4 is 5.97 Å². The van der Waals surface area contributed by atoms with Crippen LogP contribution < -0.4 is 0 Å². The first-order valence-corrected chi connectivity index (χ1v) is 5.72. The summed E-state index contributed by atoms with van der Waals surface area (Å²) in [6.07, 6.45) is 3.35. The molecular weight excluding hydrogens is 192 g/mol. The van der Waals surface area contributed by atoms with Crippen LogP contribution in [0.5, 0.6) is 0 Å². The van der Waals surface area contributed by atoms with Gasteiger partial charge >= 0.3 is 5.97 Å². The number of carbonyl (C=O) groups is 1. The second kappa shape index (κ2) is 3.21. The topological polar surface area (TPSA) is 46.5 Å². The Labute approximate surface area is 90.8 Å². The average molecular weight is 212 g/mol. The first kappa shape index (κ1) is 10.9. The molecule has 0 aromatic rings. The Hall–Kier alpha value is -0.570. The number of hydrogen-bond acceptors (Lipinski definition) is 3. The molecule has 3 heteroatoms. The highest BCUT2D eigenvalue weighted by Crippen LogP contribution is 2.66. The molecule has 2 fully saturated rings. The third kappa shape index (κ3) is 1.32. The van der Waals surface area contributed by atoms with Crippen LogP contribution in [0.15, 0.2) is 0 Å². The van der Waals surface area contributed by atoms with Gasteiger partial charge in [0.15, 0.2) is 0 Å². The largest absolute Gasteiger partial charge is 0.460 e. The van der Waals surface area contributed by atoms with Crippen molar-refractivity contribution in [1.82, 2.24) is 0 Å². The van der Waals surface area contributed by atoms with Crippen LogP contribution in [0, 0.1) is 16.7 Å². The van der Waals surface area contributed by atoms with Gasteiger partial charge in [-0.25, -0.2) is 4.79 Å². The Balaban J connectivity index is 2.15. The van der Waals surface area contributed by atoms with Crippen LogP contribution in [0.2, 0.25) is 0 Å². The fraction of sp³-hybridized carbons (Fsp3) is 0.917. The zero-order valence-corrected chi connectivity index (χ0v) is 9.75. The summed E-state index contributed by atoms with van der Waals surface area (Å²) >= 11 is 0. The van der Waals surface area contributed by atoms with Gasteiger partial charge in [-0.1, -0.05) is 20.8 Å². The highest BCUT2D eigenvalue weighted by Gasteiger charge is 2.62. The molecule has 0 aromatic heterocycles. The maximum atomic E-state index is 11.1. The summed E-state index contributed by atoms with van der Waals surface area (Å²) in [4.78, 5) is 11.1. The lowest BCUT2D eigenvalue weighted by Crippen LogP contribution is -2.38.